The fraction of sp³-hybridized carbons (Fsp3) is 0.333. The summed E-state index contributed by atoms with van der Waals surface area (Å²) in [6.07, 6.45) is 1.56. The number of rotatable bonds is 3. The molecule has 4 nitrogen and oxygen atoms in total. The third-order valence-electron chi connectivity index (χ3n) is 2.28. The summed E-state index contributed by atoms with van der Waals surface area (Å²) >= 11 is 0. The zero-order valence-electron chi connectivity index (χ0n) is 11.7. The van der Waals surface area contributed by atoms with E-state index < -0.39 is 0 Å². The molecule has 0 spiro atoms. The van der Waals surface area contributed by atoms with Crippen molar-refractivity contribution in [2.24, 2.45) is 0 Å². The minimum Gasteiger partial charge on any atom is -0.497 e. The van der Waals surface area contributed by atoms with E-state index in [1.54, 1.807) is 37.5 Å². The van der Waals surface area contributed by atoms with E-state index in [0.717, 1.165) is 11.3 Å². The fourth-order valence-corrected chi connectivity index (χ4v) is 1.42. The predicted octanol–water partition coefficient (Wildman–Crippen LogP) is 2.52. The van der Waals surface area contributed by atoms with Crippen LogP contribution in [0.2, 0.25) is 0 Å². The number of methoxy groups -OCH3 is 1. The number of benzene rings is 1. The predicted molar refractivity (Wildman–Crippen MR) is 74.5 cm³/mol. The molecule has 0 bridgehead atoms. The third kappa shape index (κ3) is 4.84. The number of ether oxygens (including phenoxy) is 1. The first-order valence-corrected chi connectivity index (χ1v) is 5.94. The van der Waals surface area contributed by atoms with E-state index in [9.17, 15) is 4.79 Å². The number of nitriles is 1. The van der Waals surface area contributed by atoms with E-state index in [-0.39, 0.29) is 17.0 Å². The van der Waals surface area contributed by atoms with Crippen molar-refractivity contribution in [3.05, 3.63) is 35.4 Å². The lowest BCUT2D eigenvalue weighted by atomic mass is 10.1. The number of nitrogens with one attached hydrogen (secondary N) is 1. The normalized spacial score (nSPS) is 11.6. The van der Waals surface area contributed by atoms with Gasteiger partial charge >= 0.3 is 0 Å². The minimum absolute atomic E-state index is 0.0834. The van der Waals surface area contributed by atoms with Crippen LogP contribution >= 0.6 is 0 Å². The zero-order valence-corrected chi connectivity index (χ0v) is 11.7. The van der Waals surface area contributed by atoms with Gasteiger partial charge in [-0.05, 0) is 44.5 Å². The van der Waals surface area contributed by atoms with E-state index in [1.165, 1.54) is 0 Å². The summed E-state index contributed by atoms with van der Waals surface area (Å²) in [6.45, 7) is 5.60. The Bertz CT molecular complexity index is 517. The van der Waals surface area contributed by atoms with Crippen molar-refractivity contribution in [1.29, 1.82) is 5.26 Å². The van der Waals surface area contributed by atoms with Crippen molar-refractivity contribution in [1.82, 2.24) is 5.32 Å². The molecule has 0 aromatic heterocycles. The zero-order chi connectivity index (χ0) is 14.5. The molecule has 0 aliphatic carbocycles. The maximum absolute atomic E-state index is 11.9. The van der Waals surface area contributed by atoms with Gasteiger partial charge in [-0.2, -0.15) is 5.26 Å². The Kier molecular flexibility index (Phi) is 4.71. The molecule has 1 aromatic rings. The molecule has 0 radical (unpaired) electrons. The van der Waals surface area contributed by atoms with Gasteiger partial charge in [0.05, 0.1) is 7.11 Å². The highest BCUT2D eigenvalue weighted by Gasteiger charge is 2.17. The summed E-state index contributed by atoms with van der Waals surface area (Å²) in [4.78, 5) is 11.9. The van der Waals surface area contributed by atoms with Crippen molar-refractivity contribution >= 4 is 12.0 Å². The summed E-state index contributed by atoms with van der Waals surface area (Å²) in [5, 5.41) is 11.8. The van der Waals surface area contributed by atoms with Gasteiger partial charge in [-0.15, -0.1) is 0 Å². The molecule has 19 heavy (non-hydrogen) atoms. The standard InChI is InChI=1S/C15H18N2O2/c1-15(2,3)17-14(18)12(10-16)9-11-5-7-13(19-4)8-6-11/h5-9H,1-4H3,(H,17,18)/b12-9+. The highest BCUT2D eigenvalue weighted by molar-refractivity contribution is 6.02. The quantitative estimate of drug-likeness (QED) is 0.669. The number of amides is 1. The van der Waals surface area contributed by atoms with Gasteiger partial charge < -0.3 is 10.1 Å². The summed E-state index contributed by atoms with van der Waals surface area (Å²) in [6, 6.07) is 9.06. The third-order valence-corrected chi connectivity index (χ3v) is 2.28. The molecule has 0 aliphatic rings. The Morgan fingerprint density at radius 3 is 2.32 bits per heavy atom. The summed E-state index contributed by atoms with van der Waals surface area (Å²) < 4.78 is 5.05. The van der Waals surface area contributed by atoms with Crippen molar-refractivity contribution < 1.29 is 9.53 Å². The van der Waals surface area contributed by atoms with Crippen LogP contribution < -0.4 is 10.1 Å². The van der Waals surface area contributed by atoms with Gasteiger partial charge in [0.1, 0.15) is 17.4 Å². The van der Waals surface area contributed by atoms with Crippen molar-refractivity contribution in [2.75, 3.05) is 7.11 Å². The van der Waals surface area contributed by atoms with Gasteiger partial charge in [0.2, 0.25) is 0 Å². The summed E-state index contributed by atoms with van der Waals surface area (Å²) in [5.41, 5.74) is 0.494. The molecular formula is C15H18N2O2. The van der Waals surface area contributed by atoms with Crippen LogP contribution in [0.5, 0.6) is 5.75 Å². The second kappa shape index (κ2) is 6.05. The van der Waals surface area contributed by atoms with Gasteiger partial charge in [-0.3, -0.25) is 4.79 Å². The Balaban J connectivity index is 2.93. The molecule has 0 unspecified atom stereocenters. The van der Waals surface area contributed by atoms with Crippen LogP contribution in [-0.2, 0) is 4.79 Å². The molecule has 0 atom stereocenters. The summed E-state index contributed by atoms with van der Waals surface area (Å²) in [5.74, 6) is 0.362. The average Bonchev–Trinajstić information content (AvgIpc) is 2.34. The van der Waals surface area contributed by atoms with Gasteiger partial charge in [-0.25, -0.2) is 0 Å². The smallest absolute Gasteiger partial charge is 0.262 e. The van der Waals surface area contributed by atoms with Crippen molar-refractivity contribution in [2.45, 2.75) is 26.3 Å². The minimum atomic E-state index is -0.370. The van der Waals surface area contributed by atoms with E-state index in [4.69, 9.17) is 10.00 Å². The highest BCUT2D eigenvalue weighted by atomic mass is 16.5. The molecule has 0 heterocycles. The maximum atomic E-state index is 11.9. The van der Waals surface area contributed by atoms with Crippen LogP contribution in [0, 0.1) is 11.3 Å². The van der Waals surface area contributed by atoms with E-state index in [0.29, 0.717) is 0 Å². The topological polar surface area (TPSA) is 62.1 Å². The first-order chi connectivity index (χ1) is 8.85. The number of carbonyl (C=O) groups excluding carboxylic acids is 1. The van der Waals surface area contributed by atoms with Gasteiger partial charge in [0, 0.05) is 5.54 Å². The first kappa shape index (κ1) is 14.8. The van der Waals surface area contributed by atoms with Crippen LogP contribution in [0.1, 0.15) is 26.3 Å². The lowest BCUT2D eigenvalue weighted by Gasteiger charge is -2.20. The lowest BCUT2D eigenvalue weighted by Crippen LogP contribution is -2.41. The fourth-order valence-electron chi connectivity index (χ4n) is 1.42. The molecular weight excluding hydrogens is 240 g/mol. The molecule has 1 N–H and O–H groups in total. The Morgan fingerprint density at radius 2 is 1.89 bits per heavy atom. The monoisotopic (exact) mass is 258 g/mol. The van der Waals surface area contributed by atoms with Gasteiger partial charge in [-0.1, -0.05) is 12.1 Å². The first-order valence-electron chi connectivity index (χ1n) is 5.94. The van der Waals surface area contributed by atoms with E-state index >= 15 is 0 Å². The second-order valence-electron chi connectivity index (χ2n) is 5.15. The molecule has 0 aliphatic heterocycles. The Hall–Kier alpha value is -2.28. The Labute approximate surface area is 113 Å². The van der Waals surface area contributed by atoms with Crippen LogP contribution in [-0.4, -0.2) is 18.6 Å². The van der Waals surface area contributed by atoms with Crippen LogP contribution in [0.4, 0.5) is 0 Å². The van der Waals surface area contributed by atoms with Crippen LogP contribution in [0.25, 0.3) is 6.08 Å². The molecule has 4 heteroatoms. The van der Waals surface area contributed by atoms with E-state index in [1.807, 2.05) is 26.8 Å². The number of nitrogens with zero attached hydrogens (tertiary/aromatic N) is 1. The van der Waals surface area contributed by atoms with Crippen molar-refractivity contribution in [3.8, 4) is 11.8 Å². The molecule has 0 fully saturated rings. The SMILES string of the molecule is COc1ccc(/C=C(\C#N)C(=O)NC(C)(C)C)cc1. The van der Waals surface area contributed by atoms with Crippen LogP contribution in [0.15, 0.2) is 29.8 Å². The molecule has 1 amide bonds. The Morgan fingerprint density at radius 1 is 1.32 bits per heavy atom. The second-order valence-corrected chi connectivity index (χ2v) is 5.15. The van der Waals surface area contributed by atoms with E-state index in [2.05, 4.69) is 5.32 Å². The molecule has 0 saturated carbocycles. The largest absolute Gasteiger partial charge is 0.497 e. The van der Waals surface area contributed by atoms with Crippen molar-refractivity contribution in [3.63, 3.8) is 0 Å². The molecule has 1 rings (SSSR count). The van der Waals surface area contributed by atoms with Crippen LogP contribution in [0.3, 0.4) is 0 Å². The van der Waals surface area contributed by atoms with Gasteiger partial charge in [0.15, 0.2) is 0 Å². The molecule has 1 aromatic carbocycles. The highest BCUT2D eigenvalue weighted by Crippen LogP contribution is 2.14. The lowest BCUT2D eigenvalue weighted by molar-refractivity contribution is -0.118. The van der Waals surface area contributed by atoms with Gasteiger partial charge in [0.25, 0.3) is 5.91 Å². The number of hydrogen-bond donors (Lipinski definition) is 1. The molecule has 0 saturated heterocycles. The maximum Gasteiger partial charge on any atom is 0.262 e. The average molecular weight is 258 g/mol. The summed E-state index contributed by atoms with van der Waals surface area (Å²) in [7, 11) is 1.59. The number of hydrogen-bond acceptors (Lipinski definition) is 3. The number of carbonyl (C=O) groups is 1. The molecule has 100 valence electrons.